The molecule has 0 aromatic heterocycles. The lowest BCUT2D eigenvalue weighted by Crippen LogP contribution is -2.32. The molecule has 0 aliphatic carbocycles. The molecule has 1 N–H and O–H groups in total. The Morgan fingerprint density at radius 3 is 2.56 bits per heavy atom. The first-order valence-electron chi connectivity index (χ1n) is 10.7. The van der Waals surface area contributed by atoms with Gasteiger partial charge in [-0.15, -0.1) is 0 Å². The smallest absolute Gasteiger partial charge is 0.308 e. The molecular formula is C26H24ClNO6. The van der Waals surface area contributed by atoms with Crippen molar-refractivity contribution in [2.45, 2.75) is 25.2 Å². The molecule has 3 aromatic carbocycles. The molecule has 3 aromatic rings. The van der Waals surface area contributed by atoms with Crippen molar-refractivity contribution in [3.63, 3.8) is 0 Å². The Morgan fingerprint density at radius 2 is 1.82 bits per heavy atom. The van der Waals surface area contributed by atoms with Crippen LogP contribution < -0.4 is 14.8 Å². The number of para-hydroxylation sites is 1. The number of methoxy groups -OCH3 is 2. The fraction of sp³-hybridized carbons (Fsp3) is 0.231. The van der Waals surface area contributed by atoms with Gasteiger partial charge in [-0.3, -0.25) is 9.59 Å². The molecule has 0 unspecified atom stereocenters. The van der Waals surface area contributed by atoms with E-state index in [-0.39, 0.29) is 6.42 Å². The van der Waals surface area contributed by atoms with Gasteiger partial charge >= 0.3 is 5.97 Å². The summed E-state index contributed by atoms with van der Waals surface area (Å²) in [5, 5.41) is 3.30. The molecule has 4 rings (SSSR count). The summed E-state index contributed by atoms with van der Waals surface area (Å²) >= 11 is 6.29. The minimum Gasteiger partial charge on any atom is -0.492 e. The Bertz CT molecular complexity index is 1180. The van der Waals surface area contributed by atoms with Crippen LogP contribution in [0.25, 0.3) is 0 Å². The van der Waals surface area contributed by atoms with Crippen LogP contribution in [0.1, 0.15) is 29.2 Å². The number of halogens is 1. The third-order valence-corrected chi connectivity index (χ3v) is 5.69. The number of benzene rings is 3. The number of ether oxygens (including phenoxy) is 4. The molecule has 8 heteroatoms. The second-order valence-corrected chi connectivity index (χ2v) is 8.10. The molecule has 0 spiro atoms. The van der Waals surface area contributed by atoms with Crippen LogP contribution in [0.15, 0.2) is 66.7 Å². The van der Waals surface area contributed by atoms with Gasteiger partial charge in [0.25, 0.3) is 5.91 Å². The van der Waals surface area contributed by atoms with Crippen LogP contribution in [0, 0.1) is 0 Å². The van der Waals surface area contributed by atoms with E-state index in [1.54, 1.807) is 31.4 Å². The van der Waals surface area contributed by atoms with Crippen LogP contribution in [-0.2, 0) is 25.7 Å². The SMILES string of the molecule is COC(=O)C[C@@H]1O[C@@H](c2cccc(OCc3ccccc3)c2OC)c2cc(Cl)ccc2NC1=O. The summed E-state index contributed by atoms with van der Waals surface area (Å²) in [6.07, 6.45) is -2.09. The fourth-order valence-electron chi connectivity index (χ4n) is 3.80. The summed E-state index contributed by atoms with van der Waals surface area (Å²) < 4.78 is 22.8. The first-order chi connectivity index (χ1) is 16.5. The maximum atomic E-state index is 12.8. The van der Waals surface area contributed by atoms with E-state index >= 15 is 0 Å². The third kappa shape index (κ3) is 5.16. The predicted octanol–water partition coefficient (Wildman–Crippen LogP) is 4.92. The number of esters is 1. The number of carbonyl (C=O) groups excluding carboxylic acids is 2. The summed E-state index contributed by atoms with van der Waals surface area (Å²) in [6.45, 7) is 0.347. The lowest BCUT2D eigenvalue weighted by Gasteiger charge is -2.24. The molecule has 7 nitrogen and oxygen atoms in total. The van der Waals surface area contributed by atoms with Crippen LogP contribution >= 0.6 is 11.6 Å². The van der Waals surface area contributed by atoms with Gasteiger partial charge in [0.15, 0.2) is 11.5 Å². The molecule has 2 atom stereocenters. The maximum Gasteiger partial charge on any atom is 0.308 e. The number of hydrogen-bond donors (Lipinski definition) is 1. The molecule has 0 saturated carbocycles. The quantitative estimate of drug-likeness (QED) is 0.482. The molecule has 176 valence electrons. The van der Waals surface area contributed by atoms with Crippen molar-refractivity contribution in [1.29, 1.82) is 0 Å². The minimum absolute atomic E-state index is 0.243. The third-order valence-electron chi connectivity index (χ3n) is 5.46. The first-order valence-corrected chi connectivity index (χ1v) is 11.0. The highest BCUT2D eigenvalue weighted by Crippen LogP contribution is 2.44. The summed E-state index contributed by atoms with van der Waals surface area (Å²) in [7, 11) is 2.80. The highest BCUT2D eigenvalue weighted by atomic mass is 35.5. The van der Waals surface area contributed by atoms with Gasteiger partial charge in [-0.1, -0.05) is 54.1 Å². The van der Waals surface area contributed by atoms with E-state index < -0.39 is 24.1 Å². The molecule has 34 heavy (non-hydrogen) atoms. The van der Waals surface area contributed by atoms with E-state index in [1.165, 1.54) is 7.11 Å². The van der Waals surface area contributed by atoms with Crippen molar-refractivity contribution in [3.8, 4) is 11.5 Å². The molecule has 0 saturated heterocycles. The largest absolute Gasteiger partial charge is 0.492 e. The zero-order valence-electron chi connectivity index (χ0n) is 18.7. The average Bonchev–Trinajstić information content (AvgIpc) is 2.99. The Kier molecular flexibility index (Phi) is 7.35. The van der Waals surface area contributed by atoms with Crippen LogP contribution in [0.3, 0.4) is 0 Å². The molecule has 1 aliphatic heterocycles. The number of carbonyl (C=O) groups is 2. The number of nitrogens with one attached hydrogen (secondary N) is 1. The van der Waals surface area contributed by atoms with Crippen molar-refractivity contribution in [2.24, 2.45) is 0 Å². The van der Waals surface area contributed by atoms with Gasteiger partial charge in [-0.25, -0.2) is 0 Å². The molecule has 1 amide bonds. The Balaban J connectivity index is 1.74. The lowest BCUT2D eigenvalue weighted by atomic mass is 9.98. The average molecular weight is 482 g/mol. The number of hydrogen-bond acceptors (Lipinski definition) is 6. The number of rotatable bonds is 7. The van der Waals surface area contributed by atoms with Gasteiger partial charge in [-0.2, -0.15) is 0 Å². The van der Waals surface area contributed by atoms with Gasteiger partial charge in [0.05, 0.1) is 20.6 Å². The van der Waals surface area contributed by atoms with E-state index in [1.807, 2.05) is 42.5 Å². The maximum absolute atomic E-state index is 12.8. The topological polar surface area (TPSA) is 83.1 Å². The molecular weight excluding hydrogens is 458 g/mol. The van der Waals surface area contributed by atoms with Gasteiger partial charge in [-0.05, 0) is 29.8 Å². The normalized spacial score (nSPS) is 17.2. The van der Waals surface area contributed by atoms with Crippen molar-refractivity contribution < 1.29 is 28.5 Å². The molecule has 1 aliphatic rings. The summed E-state index contributed by atoms with van der Waals surface area (Å²) in [4.78, 5) is 24.8. The second-order valence-electron chi connectivity index (χ2n) is 7.66. The predicted molar refractivity (Wildman–Crippen MR) is 127 cm³/mol. The van der Waals surface area contributed by atoms with Crippen LogP contribution in [0.5, 0.6) is 11.5 Å². The van der Waals surface area contributed by atoms with E-state index in [9.17, 15) is 9.59 Å². The molecule has 0 bridgehead atoms. The Morgan fingerprint density at radius 1 is 1.03 bits per heavy atom. The van der Waals surface area contributed by atoms with Crippen molar-refractivity contribution in [2.75, 3.05) is 19.5 Å². The van der Waals surface area contributed by atoms with E-state index in [2.05, 4.69) is 5.32 Å². The number of anilines is 1. The van der Waals surface area contributed by atoms with Crippen LogP contribution in [-0.4, -0.2) is 32.2 Å². The van der Waals surface area contributed by atoms with E-state index in [0.717, 1.165) is 5.56 Å². The fourth-order valence-corrected chi connectivity index (χ4v) is 3.98. The summed E-state index contributed by atoms with van der Waals surface area (Å²) in [5.41, 5.74) is 2.80. The van der Waals surface area contributed by atoms with Gasteiger partial charge in [0.1, 0.15) is 18.8 Å². The van der Waals surface area contributed by atoms with Crippen molar-refractivity contribution in [1.82, 2.24) is 0 Å². The highest BCUT2D eigenvalue weighted by Gasteiger charge is 2.35. The van der Waals surface area contributed by atoms with Crippen molar-refractivity contribution >= 4 is 29.2 Å². The molecule has 1 heterocycles. The second kappa shape index (κ2) is 10.6. The summed E-state index contributed by atoms with van der Waals surface area (Å²) in [6, 6.07) is 20.3. The zero-order chi connectivity index (χ0) is 24.1. The van der Waals surface area contributed by atoms with Crippen molar-refractivity contribution in [3.05, 3.63) is 88.4 Å². The van der Waals surface area contributed by atoms with Crippen LogP contribution in [0.4, 0.5) is 5.69 Å². The summed E-state index contributed by atoms with van der Waals surface area (Å²) in [5.74, 6) is -0.0358. The highest BCUT2D eigenvalue weighted by molar-refractivity contribution is 6.30. The minimum atomic E-state index is -1.08. The van der Waals surface area contributed by atoms with Gasteiger partial charge in [0.2, 0.25) is 0 Å². The van der Waals surface area contributed by atoms with Crippen LogP contribution in [0.2, 0.25) is 5.02 Å². The number of fused-ring (bicyclic) bond motifs is 1. The standard InChI is InChI=1S/C26H24ClNO6/c1-31-23(29)14-22-26(30)28-20-12-11-17(27)13-19(20)24(34-22)18-9-6-10-21(25(18)32-2)33-15-16-7-4-3-5-8-16/h3-13,22,24H,14-15H2,1-2H3,(H,28,30)/t22-,24-/m0/s1. The Labute approximate surface area is 202 Å². The van der Waals surface area contributed by atoms with E-state index in [0.29, 0.717) is 39.9 Å². The molecule has 0 radical (unpaired) electrons. The molecule has 0 fully saturated rings. The lowest BCUT2D eigenvalue weighted by molar-refractivity contribution is -0.148. The Hall–Kier alpha value is -3.55. The monoisotopic (exact) mass is 481 g/mol. The number of amides is 1. The zero-order valence-corrected chi connectivity index (χ0v) is 19.5. The van der Waals surface area contributed by atoms with Gasteiger partial charge in [0, 0.05) is 21.8 Å². The van der Waals surface area contributed by atoms with E-state index in [4.69, 9.17) is 30.5 Å². The van der Waals surface area contributed by atoms with Gasteiger partial charge < -0.3 is 24.3 Å². The first kappa shape index (κ1) is 23.6.